The molecule has 4 heteroatoms. The Bertz CT molecular complexity index is 605. The molecule has 0 unspecified atom stereocenters. The second-order valence-electron chi connectivity index (χ2n) is 4.40. The molecule has 0 aromatic carbocycles. The zero-order valence-electron chi connectivity index (χ0n) is 10.9. The van der Waals surface area contributed by atoms with Gasteiger partial charge >= 0.3 is 0 Å². The number of rotatable bonds is 3. The Morgan fingerprint density at radius 1 is 1.39 bits per heavy atom. The molecule has 0 aliphatic rings. The van der Waals surface area contributed by atoms with Crippen LogP contribution in [0.25, 0.3) is 0 Å². The molecule has 0 spiro atoms. The minimum atomic E-state index is 0.672. The number of hydrogen-bond acceptors (Lipinski definition) is 3. The first-order valence-electron chi connectivity index (χ1n) is 5.83. The van der Waals surface area contributed by atoms with Crippen LogP contribution in [0.5, 0.6) is 0 Å². The third kappa shape index (κ3) is 2.51. The molecule has 2 aromatic heterocycles. The van der Waals surface area contributed by atoms with Gasteiger partial charge in [-0.15, -0.1) is 0 Å². The van der Waals surface area contributed by atoms with Gasteiger partial charge in [-0.05, 0) is 37.6 Å². The van der Waals surface area contributed by atoms with Gasteiger partial charge in [0, 0.05) is 25.5 Å². The van der Waals surface area contributed by atoms with Gasteiger partial charge in [0.1, 0.15) is 11.8 Å². The summed E-state index contributed by atoms with van der Waals surface area (Å²) in [5, 5.41) is 12.2. The summed E-state index contributed by atoms with van der Waals surface area (Å²) in [5.74, 6) is 0. The van der Waals surface area contributed by atoms with E-state index in [-0.39, 0.29) is 0 Å². The number of anilines is 1. The lowest BCUT2D eigenvalue weighted by molar-refractivity contribution is 0.902. The summed E-state index contributed by atoms with van der Waals surface area (Å²) in [6.07, 6.45) is 1.96. The van der Waals surface area contributed by atoms with Gasteiger partial charge in [0.2, 0.25) is 0 Å². The summed E-state index contributed by atoms with van der Waals surface area (Å²) in [7, 11) is 1.88. The van der Waals surface area contributed by atoms with E-state index in [1.807, 2.05) is 49.9 Å². The van der Waals surface area contributed by atoms with E-state index in [1.54, 1.807) is 0 Å². The molecule has 2 heterocycles. The molecule has 0 aliphatic carbocycles. The summed E-state index contributed by atoms with van der Waals surface area (Å²) < 4.78 is 1.83. The normalized spacial score (nSPS) is 10.1. The maximum atomic E-state index is 8.89. The zero-order chi connectivity index (χ0) is 13.1. The van der Waals surface area contributed by atoms with Crippen molar-refractivity contribution in [2.45, 2.75) is 20.4 Å². The first-order valence-corrected chi connectivity index (χ1v) is 5.83. The van der Waals surface area contributed by atoms with Crippen LogP contribution in [-0.2, 0) is 13.6 Å². The maximum absolute atomic E-state index is 8.89. The monoisotopic (exact) mass is 240 g/mol. The van der Waals surface area contributed by atoms with Crippen molar-refractivity contribution in [1.29, 1.82) is 5.26 Å². The highest BCUT2D eigenvalue weighted by molar-refractivity contribution is 5.48. The second kappa shape index (κ2) is 4.92. The molecule has 0 fully saturated rings. The first kappa shape index (κ1) is 12.2. The van der Waals surface area contributed by atoms with Gasteiger partial charge in [0.15, 0.2) is 0 Å². The fourth-order valence-electron chi connectivity index (χ4n) is 1.91. The number of nitrogens with one attached hydrogen (secondary N) is 1. The van der Waals surface area contributed by atoms with Crippen LogP contribution in [0.1, 0.15) is 22.6 Å². The molecule has 0 saturated heterocycles. The molecule has 2 rings (SSSR count). The number of nitriles is 1. The summed E-state index contributed by atoms with van der Waals surface area (Å²) in [4.78, 5) is 4.40. The van der Waals surface area contributed by atoms with Crippen molar-refractivity contribution in [3.63, 3.8) is 0 Å². The fourth-order valence-corrected chi connectivity index (χ4v) is 1.91. The van der Waals surface area contributed by atoms with E-state index in [9.17, 15) is 0 Å². The number of aromatic nitrogens is 2. The predicted molar refractivity (Wildman–Crippen MR) is 71.2 cm³/mol. The highest BCUT2D eigenvalue weighted by Gasteiger charge is 2.03. The average molecular weight is 240 g/mol. The number of aryl methyl sites for hydroxylation is 3. The molecule has 92 valence electrons. The third-order valence-corrected chi connectivity index (χ3v) is 2.88. The molecule has 0 radical (unpaired) electrons. The van der Waals surface area contributed by atoms with Crippen LogP contribution in [0.2, 0.25) is 0 Å². The van der Waals surface area contributed by atoms with Gasteiger partial charge in [0.05, 0.1) is 11.4 Å². The molecule has 1 N–H and O–H groups in total. The van der Waals surface area contributed by atoms with Gasteiger partial charge in [-0.1, -0.05) is 0 Å². The van der Waals surface area contributed by atoms with Gasteiger partial charge in [-0.25, -0.2) is 0 Å². The summed E-state index contributed by atoms with van der Waals surface area (Å²) in [5.41, 5.74) is 4.80. The van der Waals surface area contributed by atoms with Gasteiger partial charge in [-0.3, -0.25) is 4.98 Å². The fraction of sp³-hybridized carbons (Fsp3) is 0.286. The van der Waals surface area contributed by atoms with Crippen LogP contribution in [0, 0.1) is 25.2 Å². The lowest BCUT2D eigenvalue weighted by Crippen LogP contribution is -2.01. The van der Waals surface area contributed by atoms with Crippen molar-refractivity contribution in [3.8, 4) is 6.07 Å². The molecular weight excluding hydrogens is 224 g/mol. The van der Waals surface area contributed by atoms with E-state index in [4.69, 9.17) is 5.26 Å². The van der Waals surface area contributed by atoms with Gasteiger partial charge in [-0.2, -0.15) is 5.26 Å². The average Bonchev–Trinajstić information content (AvgIpc) is 2.69. The molecule has 0 atom stereocenters. The van der Waals surface area contributed by atoms with Crippen molar-refractivity contribution >= 4 is 5.69 Å². The Kier molecular flexibility index (Phi) is 3.33. The third-order valence-electron chi connectivity index (χ3n) is 2.88. The molecule has 0 aliphatic heterocycles. The van der Waals surface area contributed by atoms with Crippen LogP contribution in [0.4, 0.5) is 5.69 Å². The van der Waals surface area contributed by atoms with Crippen molar-refractivity contribution < 1.29 is 0 Å². The van der Waals surface area contributed by atoms with Crippen LogP contribution in [0.15, 0.2) is 24.4 Å². The molecular formula is C14H16N4. The Labute approximate surface area is 107 Å². The van der Waals surface area contributed by atoms with Crippen LogP contribution in [-0.4, -0.2) is 9.55 Å². The Morgan fingerprint density at radius 2 is 2.17 bits per heavy atom. The molecule has 0 bridgehead atoms. The van der Waals surface area contributed by atoms with Crippen molar-refractivity contribution in [3.05, 3.63) is 47.0 Å². The molecule has 2 aromatic rings. The number of nitrogens with zero attached hydrogens (tertiary/aromatic N) is 3. The minimum Gasteiger partial charge on any atom is -0.379 e. The van der Waals surface area contributed by atoms with Crippen molar-refractivity contribution in [2.24, 2.45) is 7.05 Å². The SMILES string of the molecule is Cc1ccc(NCc2cc(C#N)n(C)c2)c(C)n1. The largest absolute Gasteiger partial charge is 0.379 e. The maximum Gasteiger partial charge on any atom is 0.120 e. The van der Waals surface area contributed by atoms with Crippen LogP contribution in [0.3, 0.4) is 0 Å². The highest BCUT2D eigenvalue weighted by atomic mass is 14.9. The Balaban J connectivity index is 2.09. The van der Waals surface area contributed by atoms with E-state index in [0.717, 1.165) is 22.6 Å². The van der Waals surface area contributed by atoms with Gasteiger partial charge < -0.3 is 9.88 Å². The second-order valence-corrected chi connectivity index (χ2v) is 4.40. The molecule has 18 heavy (non-hydrogen) atoms. The lowest BCUT2D eigenvalue weighted by atomic mass is 10.2. The number of hydrogen-bond donors (Lipinski definition) is 1. The van der Waals surface area contributed by atoms with E-state index < -0.39 is 0 Å². The first-order chi connectivity index (χ1) is 8.60. The van der Waals surface area contributed by atoms with E-state index in [0.29, 0.717) is 12.2 Å². The van der Waals surface area contributed by atoms with Crippen molar-refractivity contribution in [1.82, 2.24) is 9.55 Å². The highest BCUT2D eigenvalue weighted by Crippen LogP contribution is 2.15. The summed E-state index contributed by atoms with van der Waals surface area (Å²) >= 11 is 0. The standard InChI is InChI=1S/C14H16N4/c1-10-4-5-14(11(2)17-10)16-8-12-6-13(7-15)18(3)9-12/h4-6,9,16H,8H2,1-3H3. The van der Waals surface area contributed by atoms with Gasteiger partial charge in [0.25, 0.3) is 0 Å². The van der Waals surface area contributed by atoms with E-state index >= 15 is 0 Å². The topological polar surface area (TPSA) is 53.6 Å². The Hall–Kier alpha value is -2.28. The Morgan fingerprint density at radius 3 is 2.78 bits per heavy atom. The van der Waals surface area contributed by atoms with Crippen molar-refractivity contribution in [2.75, 3.05) is 5.32 Å². The molecule has 0 saturated carbocycles. The van der Waals surface area contributed by atoms with E-state index in [2.05, 4.69) is 16.4 Å². The molecule has 0 amide bonds. The zero-order valence-corrected chi connectivity index (χ0v) is 10.9. The smallest absolute Gasteiger partial charge is 0.120 e. The summed E-state index contributed by atoms with van der Waals surface area (Å²) in [6, 6.07) is 8.07. The summed E-state index contributed by atoms with van der Waals surface area (Å²) in [6.45, 7) is 4.66. The predicted octanol–water partition coefficient (Wildman–Crippen LogP) is 2.52. The molecule has 4 nitrogen and oxygen atoms in total. The number of pyridine rings is 1. The quantitative estimate of drug-likeness (QED) is 0.896. The lowest BCUT2D eigenvalue weighted by Gasteiger charge is -2.08. The minimum absolute atomic E-state index is 0.672. The van der Waals surface area contributed by atoms with Crippen LogP contribution >= 0.6 is 0 Å². The van der Waals surface area contributed by atoms with E-state index in [1.165, 1.54) is 0 Å². The van der Waals surface area contributed by atoms with Crippen LogP contribution < -0.4 is 5.32 Å².